The Balaban J connectivity index is 1.37. The molecule has 5 heteroatoms. The first kappa shape index (κ1) is 19.2. The lowest BCUT2D eigenvalue weighted by molar-refractivity contribution is -0.141. The third-order valence-electron chi connectivity index (χ3n) is 7.68. The van der Waals surface area contributed by atoms with Gasteiger partial charge in [-0.15, -0.1) is 0 Å². The van der Waals surface area contributed by atoms with E-state index in [4.69, 9.17) is 0 Å². The molecule has 0 aromatic heterocycles. The van der Waals surface area contributed by atoms with Gasteiger partial charge in [0.1, 0.15) is 6.54 Å². The molecule has 1 saturated carbocycles. The standard InChI is InChI=1S/C22H37N3O2/c26-20-9-11-22(25(20)18-21(27)24-14-4-5-15-24)10-6-13-23(16-12-22)17-19-7-2-1-3-8-19/h19H,1-18H2. The third kappa shape index (κ3) is 4.33. The molecule has 3 aliphatic heterocycles. The van der Waals surface area contributed by atoms with E-state index < -0.39 is 0 Å². The summed E-state index contributed by atoms with van der Waals surface area (Å²) in [6, 6.07) is 0. The van der Waals surface area contributed by atoms with Gasteiger partial charge in [0, 0.05) is 38.1 Å². The molecule has 0 aromatic rings. The Hall–Kier alpha value is -1.10. The third-order valence-corrected chi connectivity index (χ3v) is 7.68. The van der Waals surface area contributed by atoms with Gasteiger partial charge in [0.05, 0.1) is 0 Å². The molecule has 0 bridgehead atoms. The van der Waals surface area contributed by atoms with Gasteiger partial charge >= 0.3 is 0 Å². The number of rotatable bonds is 4. The highest BCUT2D eigenvalue weighted by Gasteiger charge is 2.46. The van der Waals surface area contributed by atoms with E-state index in [9.17, 15) is 9.59 Å². The summed E-state index contributed by atoms with van der Waals surface area (Å²) in [5.74, 6) is 1.26. The lowest BCUT2D eigenvalue weighted by Gasteiger charge is -2.38. The van der Waals surface area contributed by atoms with Gasteiger partial charge in [-0.3, -0.25) is 9.59 Å². The lowest BCUT2D eigenvalue weighted by atomic mass is 9.87. The van der Waals surface area contributed by atoms with Crippen molar-refractivity contribution in [2.45, 2.75) is 82.6 Å². The fourth-order valence-corrected chi connectivity index (χ4v) is 6.00. The van der Waals surface area contributed by atoms with Crippen molar-refractivity contribution in [2.75, 3.05) is 39.3 Å². The maximum Gasteiger partial charge on any atom is 0.242 e. The molecule has 1 spiro atoms. The van der Waals surface area contributed by atoms with Crippen LogP contribution >= 0.6 is 0 Å². The minimum atomic E-state index is -0.0478. The lowest BCUT2D eigenvalue weighted by Crippen LogP contribution is -2.51. The zero-order valence-electron chi connectivity index (χ0n) is 17.0. The van der Waals surface area contributed by atoms with Crippen LogP contribution in [0.3, 0.4) is 0 Å². The number of hydrogen-bond donors (Lipinski definition) is 0. The molecule has 5 nitrogen and oxygen atoms in total. The van der Waals surface area contributed by atoms with E-state index >= 15 is 0 Å². The van der Waals surface area contributed by atoms with Crippen LogP contribution in [0.1, 0.15) is 77.0 Å². The van der Waals surface area contributed by atoms with Crippen LogP contribution in [0.2, 0.25) is 0 Å². The molecule has 152 valence electrons. The molecule has 27 heavy (non-hydrogen) atoms. The molecule has 3 saturated heterocycles. The quantitative estimate of drug-likeness (QED) is 0.759. The monoisotopic (exact) mass is 375 g/mol. The molecule has 1 aliphatic carbocycles. The average molecular weight is 376 g/mol. The maximum atomic E-state index is 12.7. The summed E-state index contributed by atoms with van der Waals surface area (Å²) in [4.78, 5) is 32.0. The number of carbonyl (C=O) groups is 2. The minimum absolute atomic E-state index is 0.0478. The molecule has 4 fully saturated rings. The number of hydrogen-bond acceptors (Lipinski definition) is 3. The minimum Gasteiger partial charge on any atom is -0.341 e. The Morgan fingerprint density at radius 1 is 0.889 bits per heavy atom. The Labute approximate surface area is 164 Å². The van der Waals surface area contributed by atoms with Crippen LogP contribution in [0.5, 0.6) is 0 Å². The van der Waals surface area contributed by atoms with E-state index in [0.29, 0.717) is 13.0 Å². The van der Waals surface area contributed by atoms with Crippen LogP contribution in [0, 0.1) is 5.92 Å². The largest absolute Gasteiger partial charge is 0.341 e. The Bertz CT molecular complexity index is 540. The summed E-state index contributed by atoms with van der Waals surface area (Å²) in [6.45, 7) is 5.59. The second-order valence-corrected chi connectivity index (χ2v) is 9.45. The number of carbonyl (C=O) groups excluding carboxylic acids is 2. The predicted molar refractivity (Wildman–Crippen MR) is 106 cm³/mol. The fraction of sp³-hybridized carbons (Fsp3) is 0.909. The maximum absolute atomic E-state index is 12.7. The van der Waals surface area contributed by atoms with Crippen LogP contribution in [0.4, 0.5) is 0 Å². The van der Waals surface area contributed by atoms with Gasteiger partial charge in [0.15, 0.2) is 0 Å². The van der Waals surface area contributed by atoms with Gasteiger partial charge in [-0.1, -0.05) is 19.3 Å². The van der Waals surface area contributed by atoms with Gasteiger partial charge < -0.3 is 14.7 Å². The van der Waals surface area contributed by atoms with Crippen molar-refractivity contribution in [3.8, 4) is 0 Å². The van der Waals surface area contributed by atoms with Gasteiger partial charge in [-0.25, -0.2) is 0 Å². The smallest absolute Gasteiger partial charge is 0.242 e. The molecule has 4 rings (SSSR count). The zero-order valence-corrected chi connectivity index (χ0v) is 17.0. The van der Waals surface area contributed by atoms with Gasteiger partial charge in [-0.05, 0) is 63.8 Å². The van der Waals surface area contributed by atoms with Crippen LogP contribution in [-0.2, 0) is 9.59 Å². The summed E-state index contributed by atoms with van der Waals surface area (Å²) < 4.78 is 0. The normalized spacial score (nSPS) is 31.0. The fourth-order valence-electron chi connectivity index (χ4n) is 6.00. The molecule has 2 amide bonds. The highest BCUT2D eigenvalue weighted by molar-refractivity contribution is 5.87. The summed E-state index contributed by atoms with van der Waals surface area (Å²) >= 11 is 0. The van der Waals surface area contributed by atoms with E-state index in [2.05, 4.69) is 4.90 Å². The number of likely N-dealkylation sites (tertiary alicyclic amines) is 3. The summed E-state index contributed by atoms with van der Waals surface area (Å²) in [5, 5.41) is 0. The van der Waals surface area contributed by atoms with E-state index in [0.717, 1.165) is 64.1 Å². The molecule has 4 aliphatic rings. The number of nitrogens with zero attached hydrogens (tertiary/aromatic N) is 3. The van der Waals surface area contributed by atoms with Crippen LogP contribution < -0.4 is 0 Å². The highest BCUT2D eigenvalue weighted by Crippen LogP contribution is 2.39. The molecule has 1 atom stereocenters. The van der Waals surface area contributed by atoms with Crippen LogP contribution in [0.15, 0.2) is 0 Å². The van der Waals surface area contributed by atoms with E-state index in [-0.39, 0.29) is 17.4 Å². The molecular formula is C22H37N3O2. The van der Waals surface area contributed by atoms with Crippen LogP contribution in [0.25, 0.3) is 0 Å². The molecule has 0 aromatic carbocycles. The average Bonchev–Trinajstić information content (AvgIpc) is 3.26. The van der Waals surface area contributed by atoms with Crippen molar-refractivity contribution in [3.63, 3.8) is 0 Å². The van der Waals surface area contributed by atoms with Gasteiger partial charge in [0.2, 0.25) is 11.8 Å². The predicted octanol–water partition coefficient (Wildman–Crippen LogP) is 3.04. The van der Waals surface area contributed by atoms with Crippen molar-refractivity contribution in [2.24, 2.45) is 5.92 Å². The number of amides is 2. The first-order chi connectivity index (χ1) is 13.2. The first-order valence-corrected chi connectivity index (χ1v) is 11.5. The van der Waals surface area contributed by atoms with Gasteiger partial charge in [0.25, 0.3) is 0 Å². The SMILES string of the molecule is O=C(CN1C(=O)CCC12CCCN(CC1CCCCC1)CC2)N1CCCC1. The first-order valence-electron chi connectivity index (χ1n) is 11.5. The summed E-state index contributed by atoms with van der Waals surface area (Å²) in [7, 11) is 0. The van der Waals surface area contributed by atoms with E-state index in [1.165, 1.54) is 45.2 Å². The molecular weight excluding hydrogens is 338 g/mol. The summed E-state index contributed by atoms with van der Waals surface area (Å²) in [6.07, 6.45) is 14.1. The van der Waals surface area contributed by atoms with E-state index in [1.54, 1.807) is 0 Å². The molecule has 1 unspecified atom stereocenters. The molecule has 3 heterocycles. The van der Waals surface area contributed by atoms with E-state index in [1.807, 2.05) is 9.80 Å². The second kappa shape index (κ2) is 8.50. The van der Waals surface area contributed by atoms with Crippen molar-refractivity contribution in [1.29, 1.82) is 0 Å². The Morgan fingerprint density at radius 3 is 2.44 bits per heavy atom. The molecule has 0 radical (unpaired) electrons. The van der Waals surface area contributed by atoms with Crippen molar-refractivity contribution in [3.05, 3.63) is 0 Å². The zero-order chi connectivity index (χ0) is 18.7. The Morgan fingerprint density at radius 2 is 1.67 bits per heavy atom. The molecule has 0 N–H and O–H groups in total. The second-order valence-electron chi connectivity index (χ2n) is 9.45. The highest BCUT2D eigenvalue weighted by atomic mass is 16.2. The topological polar surface area (TPSA) is 43.9 Å². The van der Waals surface area contributed by atoms with Gasteiger partial charge in [-0.2, -0.15) is 0 Å². The van der Waals surface area contributed by atoms with Crippen LogP contribution in [-0.4, -0.2) is 71.3 Å². The Kier molecular flexibility index (Phi) is 6.05. The van der Waals surface area contributed by atoms with Crippen molar-refractivity contribution in [1.82, 2.24) is 14.7 Å². The van der Waals surface area contributed by atoms with Crippen molar-refractivity contribution < 1.29 is 9.59 Å². The van der Waals surface area contributed by atoms with Crippen molar-refractivity contribution >= 4 is 11.8 Å². The summed E-state index contributed by atoms with van der Waals surface area (Å²) in [5.41, 5.74) is -0.0478.